The molecule has 0 amide bonds. The second kappa shape index (κ2) is 4.41. The number of nitrogens with two attached hydrogens (primary N) is 1. The topological polar surface area (TPSA) is 65.1 Å². The summed E-state index contributed by atoms with van der Waals surface area (Å²) in [6.45, 7) is 5.28. The van der Waals surface area contributed by atoms with Crippen molar-refractivity contribution in [2.45, 2.75) is 19.0 Å². The van der Waals surface area contributed by atoms with Gasteiger partial charge in [-0.2, -0.15) is 5.26 Å². The second-order valence-corrected chi connectivity index (χ2v) is 3.26. The molecule has 1 rings (SSSR count). The third kappa shape index (κ3) is 2.18. The summed E-state index contributed by atoms with van der Waals surface area (Å²) in [6.07, 6.45) is 0. The molecule has 2 atom stereocenters. The van der Waals surface area contributed by atoms with Crippen molar-refractivity contribution in [2.75, 3.05) is 26.2 Å². The summed E-state index contributed by atoms with van der Waals surface area (Å²) in [6, 6.07) is 2.61. The number of rotatable bonds is 2. The second-order valence-electron chi connectivity index (χ2n) is 3.26. The van der Waals surface area contributed by atoms with E-state index in [2.05, 4.69) is 16.3 Å². The molecule has 1 fully saturated rings. The summed E-state index contributed by atoms with van der Waals surface area (Å²) >= 11 is 0. The molecule has 2 unspecified atom stereocenters. The number of nitrogens with one attached hydrogen (secondary N) is 1. The van der Waals surface area contributed by atoms with Crippen LogP contribution in [0, 0.1) is 11.3 Å². The summed E-state index contributed by atoms with van der Waals surface area (Å²) in [5, 5.41) is 11.8. The fraction of sp³-hybridized carbons (Fsp3) is 0.875. The summed E-state index contributed by atoms with van der Waals surface area (Å²) in [5.74, 6) is 0. The van der Waals surface area contributed by atoms with Crippen molar-refractivity contribution in [3.05, 3.63) is 0 Å². The van der Waals surface area contributed by atoms with E-state index in [0.717, 1.165) is 19.6 Å². The third-order valence-corrected chi connectivity index (χ3v) is 2.28. The van der Waals surface area contributed by atoms with Crippen molar-refractivity contribution in [1.29, 1.82) is 5.26 Å². The molecule has 0 radical (unpaired) electrons. The molecule has 0 aliphatic carbocycles. The average molecular weight is 168 g/mol. The number of piperazine rings is 1. The van der Waals surface area contributed by atoms with E-state index in [1.165, 1.54) is 0 Å². The maximum atomic E-state index is 8.57. The first-order chi connectivity index (χ1) is 5.75. The van der Waals surface area contributed by atoms with Crippen LogP contribution in [0.15, 0.2) is 0 Å². The molecule has 1 heterocycles. The zero-order valence-electron chi connectivity index (χ0n) is 7.45. The largest absolute Gasteiger partial charge is 0.326 e. The Balaban J connectivity index is 2.49. The van der Waals surface area contributed by atoms with Gasteiger partial charge in [0.15, 0.2) is 0 Å². The van der Waals surface area contributed by atoms with Crippen LogP contribution in [0.1, 0.15) is 6.92 Å². The van der Waals surface area contributed by atoms with E-state index in [4.69, 9.17) is 11.0 Å². The van der Waals surface area contributed by atoms with Gasteiger partial charge in [0, 0.05) is 31.7 Å². The summed E-state index contributed by atoms with van der Waals surface area (Å²) in [5.41, 5.74) is 5.80. The first-order valence-electron chi connectivity index (χ1n) is 4.33. The van der Waals surface area contributed by atoms with E-state index in [1.807, 2.05) is 6.92 Å². The maximum Gasteiger partial charge on any atom is 0.0869 e. The Kier molecular flexibility index (Phi) is 3.48. The van der Waals surface area contributed by atoms with Crippen LogP contribution < -0.4 is 11.1 Å². The molecule has 0 spiro atoms. The zero-order chi connectivity index (χ0) is 8.97. The number of nitrogens with zero attached hydrogens (tertiary/aromatic N) is 2. The monoisotopic (exact) mass is 168 g/mol. The van der Waals surface area contributed by atoms with E-state index in [9.17, 15) is 0 Å². The Labute approximate surface area is 73.3 Å². The third-order valence-electron chi connectivity index (χ3n) is 2.28. The Morgan fingerprint density at radius 2 is 2.58 bits per heavy atom. The molecule has 4 heteroatoms. The molecular weight excluding hydrogens is 152 g/mol. The van der Waals surface area contributed by atoms with E-state index in [-0.39, 0.29) is 6.04 Å². The minimum absolute atomic E-state index is 0.131. The minimum Gasteiger partial charge on any atom is -0.326 e. The van der Waals surface area contributed by atoms with Crippen LogP contribution >= 0.6 is 0 Å². The molecule has 0 aromatic rings. The van der Waals surface area contributed by atoms with Crippen molar-refractivity contribution >= 4 is 0 Å². The Morgan fingerprint density at radius 1 is 1.83 bits per heavy atom. The summed E-state index contributed by atoms with van der Waals surface area (Å²) in [4.78, 5) is 2.14. The quantitative estimate of drug-likeness (QED) is 0.526. The molecule has 0 bridgehead atoms. The van der Waals surface area contributed by atoms with Crippen molar-refractivity contribution in [1.82, 2.24) is 10.2 Å². The Hall–Kier alpha value is -0.630. The van der Waals surface area contributed by atoms with Crippen LogP contribution in [-0.4, -0.2) is 43.2 Å². The lowest BCUT2D eigenvalue weighted by Gasteiger charge is -2.36. The van der Waals surface area contributed by atoms with Crippen molar-refractivity contribution in [3.63, 3.8) is 0 Å². The number of nitriles is 1. The lowest BCUT2D eigenvalue weighted by atomic mass is 10.1. The van der Waals surface area contributed by atoms with Crippen molar-refractivity contribution < 1.29 is 0 Å². The van der Waals surface area contributed by atoms with Crippen LogP contribution in [0.2, 0.25) is 0 Å². The van der Waals surface area contributed by atoms with Crippen LogP contribution in [0.5, 0.6) is 0 Å². The minimum atomic E-state index is 0.131. The maximum absolute atomic E-state index is 8.57. The molecule has 4 nitrogen and oxygen atoms in total. The van der Waals surface area contributed by atoms with Gasteiger partial charge in [0.2, 0.25) is 0 Å². The standard InChI is InChI=1S/C8H16N4/c1-7(10)8-6-11-3-5-12(8)4-2-9/h7-8,11H,3-6,10H2,1H3. The van der Waals surface area contributed by atoms with Crippen molar-refractivity contribution in [2.24, 2.45) is 5.73 Å². The van der Waals surface area contributed by atoms with Gasteiger partial charge >= 0.3 is 0 Å². The highest BCUT2D eigenvalue weighted by atomic mass is 15.2. The van der Waals surface area contributed by atoms with Gasteiger partial charge in [-0.05, 0) is 6.92 Å². The number of hydrogen-bond acceptors (Lipinski definition) is 4. The molecule has 1 saturated heterocycles. The molecule has 0 saturated carbocycles. The zero-order valence-corrected chi connectivity index (χ0v) is 7.45. The first kappa shape index (κ1) is 9.46. The van der Waals surface area contributed by atoms with Gasteiger partial charge in [-0.1, -0.05) is 0 Å². The van der Waals surface area contributed by atoms with Gasteiger partial charge < -0.3 is 11.1 Å². The first-order valence-corrected chi connectivity index (χ1v) is 4.33. The molecule has 0 aromatic carbocycles. The van der Waals surface area contributed by atoms with Gasteiger partial charge in [0.1, 0.15) is 0 Å². The fourth-order valence-corrected chi connectivity index (χ4v) is 1.57. The highest BCUT2D eigenvalue weighted by Gasteiger charge is 2.24. The van der Waals surface area contributed by atoms with Crippen LogP contribution in [-0.2, 0) is 0 Å². The average Bonchev–Trinajstić information content (AvgIpc) is 2.05. The lowest BCUT2D eigenvalue weighted by Crippen LogP contribution is -2.57. The molecule has 1 aliphatic rings. The predicted octanol–water partition coefficient (Wildman–Crippen LogP) is -0.869. The molecular formula is C8H16N4. The lowest BCUT2D eigenvalue weighted by molar-refractivity contribution is 0.161. The summed E-state index contributed by atoms with van der Waals surface area (Å²) in [7, 11) is 0. The molecule has 68 valence electrons. The Morgan fingerprint density at radius 3 is 3.17 bits per heavy atom. The van der Waals surface area contributed by atoms with E-state index in [1.54, 1.807) is 0 Å². The van der Waals surface area contributed by atoms with E-state index < -0.39 is 0 Å². The van der Waals surface area contributed by atoms with Gasteiger partial charge in [-0.25, -0.2) is 0 Å². The molecule has 3 N–H and O–H groups in total. The van der Waals surface area contributed by atoms with Gasteiger partial charge in [-0.15, -0.1) is 0 Å². The SMILES string of the molecule is CC(N)C1CNCCN1CC#N. The Bertz CT molecular complexity index is 172. The molecule has 12 heavy (non-hydrogen) atoms. The summed E-state index contributed by atoms with van der Waals surface area (Å²) < 4.78 is 0. The van der Waals surface area contributed by atoms with Crippen LogP contribution in [0.25, 0.3) is 0 Å². The highest BCUT2D eigenvalue weighted by Crippen LogP contribution is 2.04. The van der Waals surface area contributed by atoms with Crippen LogP contribution in [0.4, 0.5) is 0 Å². The van der Waals surface area contributed by atoms with Crippen LogP contribution in [0.3, 0.4) is 0 Å². The molecule has 0 aromatic heterocycles. The molecule has 1 aliphatic heterocycles. The smallest absolute Gasteiger partial charge is 0.0869 e. The van der Waals surface area contributed by atoms with Gasteiger partial charge in [0.25, 0.3) is 0 Å². The van der Waals surface area contributed by atoms with E-state index in [0.29, 0.717) is 12.6 Å². The van der Waals surface area contributed by atoms with Crippen molar-refractivity contribution in [3.8, 4) is 6.07 Å². The highest BCUT2D eigenvalue weighted by molar-refractivity contribution is 4.90. The number of hydrogen-bond donors (Lipinski definition) is 2. The normalized spacial score (nSPS) is 27.9. The predicted molar refractivity (Wildman–Crippen MR) is 47.5 cm³/mol. The van der Waals surface area contributed by atoms with Gasteiger partial charge in [-0.3, -0.25) is 4.90 Å². The fourth-order valence-electron chi connectivity index (χ4n) is 1.57. The van der Waals surface area contributed by atoms with E-state index >= 15 is 0 Å². The van der Waals surface area contributed by atoms with Gasteiger partial charge in [0.05, 0.1) is 12.6 Å².